The van der Waals surface area contributed by atoms with E-state index in [1.807, 2.05) is 24.3 Å². The minimum Gasteiger partial charge on any atom is -0.480 e. The molecule has 2 amide bonds. The molecule has 0 atom stereocenters. The van der Waals surface area contributed by atoms with Crippen LogP contribution in [0.5, 0.6) is 0 Å². The highest BCUT2D eigenvalue weighted by atomic mass is 16.5. The number of rotatable bonds is 9. The van der Waals surface area contributed by atoms with Crippen LogP contribution >= 0.6 is 0 Å². The number of aromatic nitrogens is 2. The Balaban J connectivity index is 1.28. The van der Waals surface area contributed by atoms with Gasteiger partial charge in [-0.3, -0.25) is 14.4 Å². The lowest BCUT2D eigenvalue weighted by molar-refractivity contribution is -0.137. The quantitative estimate of drug-likeness (QED) is 0.209. The van der Waals surface area contributed by atoms with Gasteiger partial charge in [0.15, 0.2) is 0 Å². The first-order valence-electron chi connectivity index (χ1n) is 13.7. The number of hydrogen-bond acceptors (Lipinski definition) is 6. The monoisotopic (exact) mass is 574 g/mol. The number of aryl methyl sites for hydroxylation is 2. The standard InChI is InChI=1S/C34H30N4O5/c1-21-4-17-30(22(2)18-21)25-9-11-27(12-10-25)33-36-32(37-43-33)26-7-5-24(6-8-26)19-38(20-31(40)41)34(42)28-13-15-29(16-14-28)35-23(3)39/h4-18H,19-20H2,1-3H3,(H,35,39)(H,40,41). The second kappa shape index (κ2) is 12.5. The van der Waals surface area contributed by atoms with E-state index in [2.05, 4.69) is 47.5 Å². The Morgan fingerprint density at radius 1 is 0.837 bits per heavy atom. The maximum absolute atomic E-state index is 13.1. The van der Waals surface area contributed by atoms with Crippen LogP contribution < -0.4 is 5.32 Å². The van der Waals surface area contributed by atoms with E-state index < -0.39 is 18.4 Å². The van der Waals surface area contributed by atoms with E-state index >= 15 is 0 Å². The molecule has 216 valence electrons. The Kier molecular flexibility index (Phi) is 8.43. The van der Waals surface area contributed by atoms with Crippen LogP contribution in [0.25, 0.3) is 34.0 Å². The molecule has 43 heavy (non-hydrogen) atoms. The number of amides is 2. The van der Waals surface area contributed by atoms with Crippen LogP contribution in [0.15, 0.2) is 95.5 Å². The molecule has 0 aliphatic heterocycles. The van der Waals surface area contributed by atoms with Crippen LogP contribution in [-0.4, -0.2) is 44.5 Å². The fraction of sp³-hybridized carbons (Fsp3) is 0.147. The Morgan fingerprint density at radius 3 is 2.12 bits per heavy atom. The molecule has 9 nitrogen and oxygen atoms in total. The summed E-state index contributed by atoms with van der Waals surface area (Å²) in [7, 11) is 0. The predicted molar refractivity (Wildman–Crippen MR) is 163 cm³/mol. The van der Waals surface area contributed by atoms with E-state index in [0.29, 0.717) is 23.0 Å². The van der Waals surface area contributed by atoms with Gasteiger partial charge >= 0.3 is 5.97 Å². The van der Waals surface area contributed by atoms with Crippen molar-refractivity contribution in [3.63, 3.8) is 0 Å². The minimum absolute atomic E-state index is 0.0865. The molecule has 0 spiro atoms. The van der Waals surface area contributed by atoms with Gasteiger partial charge in [0.1, 0.15) is 6.54 Å². The summed E-state index contributed by atoms with van der Waals surface area (Å²) in [5.41, 5.74) is 7.83. The molecule has 0 saturated heterocycles. The molecule has 0 fully saturated rings. The van der Waals surface area contributed by atoms with E-state index in [0.717, 1.165) is 22.3 Å². The van der Waals surface area contributed by atoms with Crippen LogP contribution in [0.1, 0.15) is 34.0 Å². The molecule has 0 bridgehead atoms. The highest BCUT2D eigenvalue weighted by Crippen LogP contribution is 2.28. The van der Waals surface area contributed by atoms with Gasteiger partial charge in [0.25, 0.3) is 11.8 Å². The number of nitrogens with zero attached hydrogens (tertiary/aromatic N) is 3. The summed E-state index contributed by atoms with van der Waals surface area (Å²) in [4.78, 5) is 41.7. The summed E-state index contributed by atoms with van der Waals surface area (Å²) in [6, 6.07) is 27.9. The van der Waals surface area contributed by atoms with Crippen LogP contribution in [-0.2, 0) is 16.1 Å². The summed E-state index contributed by atoms with van der Waals surface area (Å²) >= 11 is 0. The SMILES string of the molecule is CC(=O)Nc1ccc(C(=O)N(CC(=O)O)Cc2ccc(-c3noc(-c4ccc(-c5ccc(C)cc5C)cc4)n3)cc2)cc1. The molecule has 5 aromatic rings. The molecule has 9 heteroatoms. The van der Waals surface area contributed by atoms with Gasteiger partial charge in [0.2, 0.25) is 11.7 Å². The van der Waals surface area contributed by atoms with E-state index in [1.54, 1.807) is 48.5 Å². The number of carboxylic acid groups (broad SMARTS) is 1. The van der Waals surface area contributed by atoms with Crippen LogP contribution in [0.2, 0.25) is 0 Å². The van der Waals surface area contributed by atoms with Crippen molar-refractivity contribution in [2.45, 2.75) is 27.3 Å². The molecule has 0 saturated carbocycles. The van der Waals surface area contributed by atoms with E-state index in [4.69, 9.17) is 4.52 Å². The summed E-state index contributed by atoms with van der Waals surface area (Å²) in [6.07, 6.45) is 0. The molecule has 0 aliphatic carbocycles. The Labute approximate surface area is 248 Å². The van der Waals surface area contributed by atoms with Crippen molar-refractivity contribution in [3.05, 3.63) is 113 Å². The largest absolute Gasteiger partial charge is 0.480 e. The normalized spacial score (nSPS) is 10.8. The van der Waals surface area contributed by atoms with Crippen molar-refractivity contribution in [2.24, 2.45) is 0 Å². The molecule has 2 N–H and O–H groups in total. The Hall–Kier alpha value is -5.57. The fourth-order valence-corrected chi connectivity index (χ4v) is 4.81. The van der Waals surface area contributed by atoms with Crippen molar-refractivity contribution in [3.8, 4) is 34.0 Å². The number of anilines is 1. The van der Waals surface area contributed by atoms with Crippen molar-refractivity contribution in [2.75, 3.05) is 11.9 Å². The maximum atomic E-state index is 13.1. The predicted octanol–water partition coefficient (Wildman–Crippen LogP) is 6.37. The fourth-order valence-electron chi connectivity index (χ4n) is 4.81. The number of nitrogens with one attached hydrogen (secondary N) is 1. The average molecular weight is 575 g/mol. The lowest BCUT2D eigenvalue weighted by atomic mass is 9.98. The highest BCUT2D eigenvalue weighted by Gasteiger charge is 2.20. The molecular formula is C34H30N4O5. The average Bonchev–Trinajstić information content (AvgIpc) is 3.47. The van der Waals surface area contributed by atoms with Gasteiger partial charge in [-0.15, -0.1) is 0 Å². The topological polar surface area (TPSA) is 126 Å². The van der Waals surface area contributed by atoms with Gasteiger partial charge in [-0.05, 0) is 72.5 Å². The van der Waals surface area contributed by atoms with Crippen molar-refractivity contribution < 1.29 is 24.0 Å². The first kappa shape index (κ1) is 28.9. The summed E-state index contributed by atoms with van der Waals surface area (Å²) < 4.78 is 5.54. The molecular weight excluding hydrogens is 544 g/mol. The van der Waals surface area contributed by atoms with E-state index in [1.165, 1.54) is 28.5 Å². The van der Waals surface area contributed by atoms with Crippen molar-refractivity contribution in [1.29, 1.82) is 0 Å². The molecule has 0 radical (unpaired) electrons. The number of aliphatic carboxylic acids is 1. The summed E-state index contributed by atoms with van der Waals surface area (Å²) in [6.45, 7) is 5.19. The van der Waals surface area contributed by atoms with Gasteiger partial charge in [-0.1, -0.05) is 65.3 Å². The first-order chi connectivity index (χ1) is 20.7. The third kappa shape index (κ3) is 7.02. The second-order valence-electron chi connectivity index (χ2n) is 10.3. The molecule has 1 heterocycles. The number of carbonyl (C=O) groups excluding carboxylic acids is 2. The van der Waals surface area contributed by atoms with Gasteiger partial charge < -0.3 is 19.8 Å². The lowest BCUT2D eigenvalue weighted by Gasteiger charge is -2.21. The molecule has 1 aromatic heterocycles. The van der Waals surface area contributed by atoms with E-state index in [-0.39, 0.29) is 12.5 Å². The van der Waals surface area contributed by atoms with Gasteiger partial charge in [0, 0.05) is 35.8 Å². The summed E-state index contributed by atoms with van der Waals surface area (Å²) in [5, 5.41) is 16.2. The zero-order chi connectivity index (χ0) is 30.5. The number of benzene rings is 4. The van der Waals surface area contributed by atoms with E-state index in [9.17, 15) is 19.5 Å². The Morgan fingerprint density at radius 2 is 1.49 bits per heavy atom. The first-order valence-corrected chi connectivity index (χ1v) is 13.7. The van der Waals surface area contributed by atoms with Crippen molar-refractivity contribution >= 4 is 23.5 Å². The number of hydrogen-bond donors (Lipinski definition) is 2. The van der Waals surface area contributed by atoms with Gasteiger partial charge in [-0.2, -0.15) is 4.98 Å². The van der Waals surface area contributed by atoms with Crippen molar-refractivity contribution in [1.82, 2.24) is 15.0 Å². The lowest BCUT2D eigenvalue weighted by Crippen LogP contribution is -2.35. The zero-order valence-corrected chi connectivity index (χ0v) is 24.0. The molecule has 5 rings (SSSR count). The van der Waals surface area contributed by atoms with Crippen LogP contribution in [0, 0.1) is 13.8 Å². The van der Waals surface area contributed by atoms with Gasteiger partial charge in [0.05, 0.1) is 0 Å². The number of carbonyl (C=O) groups is 3. The highest BCUT2D eigenvalue weighted by molar-refractivity contribution is 5.97. The smallest absolute Gasteiger partial charge is 0.323 e. The Bertz CT molecular complexity index is 1780. The minimum atomic E-state index is -1.12. The molecule has 4 aromatic carbocycles. The maximum Gasteiger partial charge on any atom is 0.323 e. The van der Waals surface area contributed by atoms with Gasteiger partial charge in [-0.25, -0.2) is 0 Å². The van der Waals surface area contributed by atoms with Crippen LogP contribution in [0.3, 0.4) is 0 Å². The third-order valence-electron chi connectivity index (χ3n) is 6.90. The number of carboxylic acids is 1. The van der Waals surface area contributed by atoms with Crippen LogP contribution in [0.4, 0.5) is 5.69 Å². The zero-order valence-electron chi connectivity index (χ0n) is 24.0. The third-order valence-corrected chi connectivity index (χ3v) is 6.90. The second-order valence-corrected chi connectivity index (χ2v) is 10.3. The molecule has 0 aliphatic rings. The summed E-state index contributed by atoms with van der Waals surface area (Å²) in [5.74, 6) is -0.977. The molecule has 0 unspecified atom stereocenters.